The Morgan fingerprint density at radius 1 is 0.750 bits per heavy atom. The summed E-state index contributed by atoms with van der Waals surface area (Å²) >= 11 is 0. The first-order valence-corrected chi connectivity index (χ1v) is 4.80. The Bertz CT molecular complexity index is 622. The van der Waals surface area contributed by atoms with Crippen molar-refractivity contribution in [3.8, 4) is 0 Å². The SMILES string of the molecule is CC(C(=O)O)=C(C(=O)O)c1c(F)c(F)c(F)c(F)c1F. The van der Waals surface area contributed by atoms with Gasteiger partial charge >= 0.3 is 11.9 Å². The molecule has 108 valence electrons. The molecule has 0 radical (unpaired) electrons. The van der Waals surface area contributed by atoms with Crippen molar-refractivity contribution in [3.05, 3.63) is 40.2 Å². The molecular formula is C11H5F5O4. The Kier molecular flexibility index (Phi) is 4.11. The Balaban J connectivity index is 3.91. The number of benzene rings is 1. The van der Waals surface area contributed by atoms with E-state index in [2.05, 4.69) is 0 Å². The summed E-state index contributed by atoms with van der Waals surface area (Å²) in [6.45, 7) is 0.657. The van der Waals surface area contributed by atoms with Crippen molar-refractivity contribution in [1.82, 2.24) is 0 Å². The quantitative estimate of drug-likeness (QED) is 0.388. The van der Waals surface area contributed by atoms with E-state index in [1.54, 1.807) is 0 Å². The van der Waals surface area contributed by atoms with Gasteiger partial charge in [0.25, 0.3) is 0 Å². The molecule has 0 aliphatic carbocycles. The van der Waals surface area contributed by atoms with Gasteiger partial charge < -0.3 is 10.2 Å². The summed E-state index contributed by atoms with van der Waals surface area (Å²) < 4.78 is 65.6. The van der Waals surface area contributed by atoms with E-state index in [0.29, 0.717) is 6.92 Å². The third-order valence-corrected chi connectivity index (χ3v) is 2.37. The molecule has 0 saturated carbocycles. The van der Waals surface area contributed by atoms with Gasteiger partial charge in [-0.3, -0.25) is 0 Å². The van der Waals surface area contributed by atoms with Crippen LogP contribution in [-0.2, 0) is 9.59 Å². The van der Waals surface area contributed by atoms with Crippen molar-refractivity contribution >= 4 is 17.5 Å². The van der Waals surface area contributed by atoms with Gasteiger partial charge in [-0.1, -0.05) is 0 Å². The van der Waals surface area contributed by atoms with Crippen molar-refractivity contribution < 1.29 is 41.8 Å². The number of carboxylic acids is 2. The zero-order valence-electron chi connectivity index (χ0n) is 9.60. The number of halogens is 5. The molecule has 0 spiro atoms. The number of hydrogen-bond acceptors (Lipinski definition) is 2. The van der Waals surface area contributed by atoms with Crippen molar-refractivity contribution in [2.45, 2.75) is 6.92 Å². The number of rotatable bonds is 3. The second kappa shape index (κ2) is 5.27. The monoisotopic (exact) mass is 296 g/mol. The predicted octanol–water partition coefficient (Wildman–Crippen LogP) is 2.32. The summed E-state index contributed by atoms with van der Waals surface area (Å²) in [5.41, 5.74) is -4.40. The fourth-order valence-corrected chi connectivity index (χ4v) is 1.39. The summed E-state index contributed by atoms with van der Waals surface area (Å²) in [7, 11) is 0. The first-order chi connectivity index (χ1) is 9.11. The van der Waals surface area contributed by atoms with Crippen LogP contribution < -0.4 is 0 Å². The highest BCUT2D eigenvalue weighted by Crippen LogP contribution is 2.30. The summed E-state index contributed by atoms with van der Waals surface area (Å²) in [5, 5.41) is 17.4. The molecule has 20 heavy (non-hydrogen) atoms. The number of hydrogen-bond donors (Lipinski definition) is 2. The number of carboxylic acid groups (broad SMARTS) is 2. The largest absolute Gasteiger partial charge is 0.478 e. The van der Waals surface area contributed by atoms with Crippen LogP contribution in [0, 0.1) is 29.1 Å². The second-order valence-corrected chi connectivity index (χ2v) is 3.56. The van der Waals surface area contributed by atoms with Crippen LogP contribution in [-0.4, -0.2) is 22.2 Å². The highest BCUT2D eigenvalue weighted by atomic mass is 19.2. The molecule has 0 heterocycles. The standard InChI is InChI=1S/C11H5F5O4/c1-2(10(17)18)3(11(19)20)4-5(12)7(14)9(16)8(15)6(4)13/h1H3,(H,17,18)(H,19,20). The van der Waals surface area contributed by atoms with E-state index in [1.807, 2.05) is 0 Å². The number of carbonyl (C=O) groups is 2. The molecule has 0 unspecified atom stereocenters. The van der Waals surface area contributed by atoms with E-state index in [1.165, 1.54) is 0 Å². The molecule has 1 rings (SSSR count). The van der Waals surface area contributed by atoms with Crippen molar-refractivity contribution in [2.24, 2.45) is 0 Å². The van der Waals surface area contributed by atoms with Gasteiger partial charge in [0.1, 0.15) is 0 Å². The lowest BCUT2D eigenvalue weighted by atomic mass is 9.99. The van der Waals surface area contributed by atoms with Gasteiger partial charge in [0, 0.05) is 5.57 Å². The van der Waals surface area contributed by atoms with Gasteiger partial charge in [0.2, 0.25) is 5.82 Å². The summed E-state index contributed by atoms with van der Waals surface area (Å²) in [5.74, 6) is -16.1. The third kappa shape index (κ3) is 2.33. The minimum atomic E-state index is -2.47. The molecule has 2 N–H and O–H groups in total. The van der Waals surface area contributed by atoms with Crippen LogP contribution in [0.15, 0.2) is 5.57 Å². The minimum absolute atomic E-state index is 0.657. The van der Waals surface area contributed by atoms with E-state index < -0.39 is 57.7 Å². The molecular weight excluding hydrogens is 291 g/mol. The molecule has 0 aliphatic heterocycles. The minimum Gasteiger partial charge on any atom is -0.478 e. The summed E-state index contributed by atoms with van der Waals surface area (Å²) in [6.07, 6.45) is 0. The molecule has 0 bridgehead atoms. The fraction of sp³-hybridized carbons (Fsp3) is 0.0909. The topological polar surface area (TPSA) is 74.6 Å². The van der Waals surface area contributed by atoms with Crippen LogP contribution in [0.4, 0.5) is 22.0 Å². The van der Waals surface area contributed by atoms with Gasteiger partial charge in [-0.25, -0.2) is 31.5 Å². The molecule has 0 atom stereocenters. The Hall–Kier alpha value is -2.45. The third-order valence-electron chi connectivity index (χ3n) is 2.37. The fourth-order valence-electron chi connectivity index (χ4n) is 1.39. The van der Waals surface area contributed by atoms with Crippen molar-refractivity contribution in [1.29, 1.82) is 0 Å². The van der Waals surface area contributed by atoms with Crippen molar-refractivity contribution in [3.63, 3.8) is 0 Å². The van der Waals surface area contributed by atoms with Gasteiger partial charge in [-0.2, -0.15) is 0 Å². The molecule has 0 fully saturated rings. The van der Waals surface area contributed by atoms with Crippen LogP contribution in [0.1, 0.15) is 12.5 Å². The Morgan fingerprint density at radius 2 is 1.10 bits per heavy atom. The van der Waals surface area contributed by atoms with Gasteiger partial charge in [-0.15, -0.1) is 0 Å². The lowest BCUT2D eigenvalue weighted by molar-refractivity contribution is -0.134. The van der Waals surface area contributed by atoms with E-state index in [-0.39, 0.29) is 0 Å². The maximum Gasteiger partial charge on any atom is 0.337 e. The smallest absolute Gasteiger partial charge is 0.337 e. The van der Waals surface area contributed by atoms with Crippen molar-refractivity contribution in [2.75, 3.05) is 0 Å². The summed E-state index contributed by atoms with van der Waals surface area (Å²) in [6, 6.07) is 0. The van der Waals surface area contributed by atoms with E-state index in [9.17, 15) is 31.5 Å². The predicted molar refractivity (Wildman–Crippen MR) is 54.1 cm³/mol. The first kappa shape index (κ1) is 15.6. The maximum absolute atomic E-state index is 13.4. The average Bonchev–Trinajstić information content (AvgIpc) is 2.37. The molecule has 0 aromatic heterocycles. The molecule has 4 nitrogen and oxygen atoms in total. The molecule has 1 aromatic carbocycles. The average molecular weight is 296 g/mol. The van der Waals surface area contributed by atoms with Crippen LogP contribution >= 0.6 is 0 Å². The highest BCUT2D eigenvalue weighted by molar-refractivity contribution is 6.21. The normalized spacial score (nSPS) is 12.1. The highest BCUT2D eigenvalue weighted by Gasteiger charge is 2.32. The Labute approximate surface area is 107 Å². The van der Waals surface area contributed by atoms with Crippen LogP contribution in [0.3, 0.4) is 0 Å². The molecule has 0 aliphatic rings. The van der Waals surface area contributed by atoms with Gasteiger partial charge in [0.15, 0.2) is 23.3 Å². The van der Waals surface area contributed by atoms with E-state index in [4.69, 9.17) is 10.2 Å². The maximum atomic E-state index is 13.4. The first-order valence-electron chi connectivity index (χ1n) is 4.80. The second-order valence-electron chi connectivity index (χ2n) is 3.56. The molecule has 0 saturated heterocycles. The van der Waals surface area contributed by atoms with Gasteiger partial charge in [-0.05, 0) is 6.92 Å². The number of aliphatic carboxylic acids is 2. The zero-order valence-corrected chi connectivity index (χ0v) is 9.60. The Morgan fingerprint density at radius 3 is 1.40 bits per heavy atom. The van der Waals surface area contributed by atoms with Crippen LogP contribution in [0.5, 0.6) is 0 Å². The summed E-state index contributed by atoms with van der Waals surface area (Å²) in [4.78, 5) is 21.5. The van der Waals surface area contributed by atoms with Crippen LogP contribution in [0.2, 0.25) is 0 Å². The lowest BCUT2D eigenvalue weighted by Crippen LogP contribution is -2.14. The lowest BCUT2D eigenvalue weighted by Gasteiger charge is -2.10. The zero-order chi connectivity index (χ0) is 15.8. The molecule has 0 amide bonds. The van der Waals surface area contributed by atoms with Crippen LogP contribution in [0.25, 0.3) is 5.57 Å². The van der Waals surface area contributed by atoms with Gasteiger partial charge in [0.05, 0.1) is 11.1 Å². The van der Waals surface area contributed by atoms with E-state index >= 15 is 0 Å². The molecule has 1 aromatic rings. The molecule has 9 heteroatoms. The van der Waals surface area contributed by atoms with E-state index in [0.717, 1.165) is 0 Å².